The van der Waals surface area contributed by atoms with Gasteiger partial charge in [0.15, 0.2) is 5.11 Å². The molecule has 0 spiro atoms. The van der Waals surface area contributed by atoms with Crippen molar-refractivity contribution in [1.82, 2.24) is 10.3 Å². The van der Waals surface area contributed by atoms with E-state index >= 15 is 0 Å². The third-order valence-corrected chi connectivity index (χ3v) is 5.59. The largest absolute Gasteiger partial charge is 0.497 e. The van der Waals surface area contributed by atoms with Crippen LogP contribution < -0.4 is 25.2 Å². The Labute approximate surface area is 188 Å². The summed E-state index contributed by atoms with van der Waals surface area (Å²) in [4.78, 5) is 9.37. The van der Waals surface area contributed by atoms with E-state index < -0.39 is 0 Å². The summed E-state index contributed by atoms with van der Waals surface area (Å²) in [5.41, 5.74) is 3.29. The molecular formula is C24H27N5OS. The van der Waals surface area contributed by atoms with Crippen LogP contribution in [0.4, 0.5) is 17.2 Å². The number of rotatable bonds is 6. The quantitative estimate of drug-likeness (QED) is 0.572. The molecule has 1 fully saturated rings. The Morgan fingerprint density at radius 1 is 0.935 bits per heavy atom. The summed E-state index contributed by atoms with van der Waals surface area (Å²) in [6.45, 7) is 4.54. The van der Waals surface area contributed by atoms with Gasteiger partial charge >= 0.3 is 0 Å². The van der Waals surface area contributed by atoms with E-state index in [-0.39, 0.29) is 0 Å². The summed E-state index contributed by atoms with van der Waals surface area (Å²) in [5.74, 6) is 1.84. The van der Waals surface area contributed by atoms with Crippen LogP contribution in [0, 0.1) is 0 Å². The lowest BCUT2D eigenvalue weighted by atomic mass is 10.2. The van der Waals surface area contributed by atoms with Gasteiger partial charge in [-0.05, 0) is 54.2 Å². The first kappa shape index (κ1) is 20.9. The van der Waals surface area contributed by atoms with Crippen molar-refractivity contribution in [1.29, 1.82) is 0 Å². The fourth-order valence-electron chi connectivity index (χ4n) is 3.58. The van der Waals surface area contributed by atoms with E-state index in [1.54, 1.807) is 7.11 Å². The Balaban J connectivity index is 1.25. The number of methoxy groups -OCH3 is 1. The van der Waals surface area contributed by atoms with Crippen molar-refractivity contribution >= 4 is 34.5 Å². The van der Waals surface area contributed by atoms with E-state index in [1.165, 1.54) is 5.69 Å². The van der Waals surface area contributed by atoms with Crippen molar-refractivity contribution in [3.63, 3.8) is 0 Å². The summed E-state index contributed by atoms with van der Waals surface area (Å²) in [6.07, 6.45) is 1.83. The van der Waals surface area contributed by atoms with Crippen LogP contribution in [-0.4, -0.2) is 43.4 Å². The molecule has 3 aromatic rings. The predicted octanol–water partition coefficient (Wildman–Crippen LogP) is 3.90. The first-order chi connectivity index (χ1) is 15.2. The Hall–Kier alpha value is -3.32. The van der Waals surface area contributed by atoms with Gasteiger partial charge in [-0.3, -0.25) is 0 Å². The van der Waals surface area contributed by atoms with E-state index in [9.17, 15) is 0 Å². The van der Waals surface area contributed by atoms with Crippen LogP contribution in [0.25, 0.3) is 0 Å². The Morgan fingerprint density at radius 2 is 1.65 bits per heavy atom. The molecule has 1 aromatic heterocycles. The first-order valence-electron chi connectivity index (χ1n) is 10.4. The van der Waals surface area contributed by atoms with Crippen LogP contribution in [0.3, 0.4) is 0 Å². The van der Waals surface area contributed by atoms with Crippen molar-refractivity contribution in [3.05, 3.63) is 78.5 Å². The van der Waals surface area contributed by atoms with Crippen molar-refractivity contribution in [2.24, 2.45) is 0 Å². The lowest BCUT2D eigenvalue weighted by molar-refractivity contribution is 0.414. The number of hydrogen-bond donors (Lipinski definition) is 2. The molecule has 0 atom stereocenters. The number of ether oxygens (including phenoxy) is 1. The monoisotopic (exact) mass is 433 g/mol. The number of hydrogen-bond acceptors (Lipinski definition) is 5. The van der Waals surface area contributed by atoms with Crippen LogP contribution in [0.5, 0.6) is 5.75 Å². The maximum Gasteiger partial charge on any atom is 0.171 e. The van der Waals surface area contributed by atoms with Crippen molar-refractivity contribution in [2.75, 3.05) is 48.4 Å². The summed E-state index contributed by atoms with van der Waals surface area (Å²) < 4.78 is 5.18. The van der Waals surface area contributed by atoms with Gasteiger partial charge in [-0.25, -0.2) is 4.98 Å². The van der Waals surface area contributed by atoms with Gasteiger partial charge in [0.25, 0.3) is 0 Å². The van der Waals surface area contributed by atoms with Crippen molar-refractivity contribution in [3.8, 4) is 5.75 Å². The molecule has 2 N–H and O–H groups in total. The van der Waals surface area contributed by atoms with E-state index in [4.69, 9.17) is 17.0 Å². The molecule has 0 radical (unpaired) electrons. The number of nitrogens with one attached hydrogen (secondary N) is 2. The molecule has 0 amide bonds. The number of piperazine rings is 1. The van der Waals surface area contributed by atoms with Crippen molar-refractivity contribution < 1.29 is 4.74 Å². The Morgan fingerprint density at radius 3 is 2.29 bits per heavy atom. The minimum Gasteiger partial charge on any atom is -0.497 e. The molecule has 0 saturated carbocycles. The molecule has 4 rings (SSSR count). The number of anilines is 3. The molecule has 160 valence electrons. The van der Waals surface area contributed by atoms with Gasteiger partial charge < -0.3 is 25.2 Å². The minimum absolute atomic E-state index is 0.571. The molecule has 1 saturated heterocycles. The molecule has 31 heavy (non-hydrogen) atoms. The second-order valence-electron chi connectivity index (χ2n) is 7.37. The topological polar surface area (TPSA) is 52.7 Å². The molecule has 0 bridgehead atoms. The van der Waals surface area contributed by atoms with E-state index in [1.807, 2.05) is 42.6 Å². The minimum atomic E-state index is 0.571. The summed E-state index contributed by atoms with van der Waals surface area (Å²) in [5, 5.41) is 6.99. The Bertz CT molecular complexity index is 971. The second kappa shape index (κ2) is 10.1. The van der Waals surface area contributed by atoms with Gasteiger partial charge in [-0.2, -0.15) is 0 Å². The van der Waals surface area contributed by atoms with Gasteiger partial charge in [-0.15, -0.1) is 0 Å². The van der Waals surface area contributed by atoms with E-state index in [0.717, 1.165) is 49.0 Å². The molecule has 0 aliphatic carbocycles. The normalized spacial score (nSPS) is 13.6. The highest BCUT2D eigenvalue weighted by Crippen LogP contribution is 2.20. The molecule has 6 nitrogen and oxygen atoms in total. The van der Waals surface area contributed by atoms with Gasteiger partial charge in [0.2, 0.25) is 0 Å². The second-order valence-corrected chi connectivity index (χ2v) is 7.78. The SMILES string of the molecule is COc1ccc(CNC(=S)Nc2ccc(N3CCN(c4ccccc4)CC3)nc2)cc1. The van der Waals surface area contributed by atoms with E-state index in [2.05, 4.69) is 55.7 Å². The molecular weight excluding hydrogens is 406 g/mol. The fraction of sp³-hybridized carbons (Fsp3) is 0.250. The zero-order chi connectivity index (χ0) is 21.5. The van der Waals surface area contributed by atoms with Crippen molar-refractivity contribution in [2.45, 2.75) is 6.54 Å². The molecule has 1 aliphatic heterocycles. The van der Waals surface area contributed by atoms with Crippen LogP contribution in [0.2, 0.25) is 0 Å². The molecule has 1 aliphatic rings. The third-order valence-electron chi connectivity index (χ3n) is 5.34. The lowest BCUT2D eigenvalue weighted by Crippen LogP contribution is -2.46. The zero-order valence-electron chi connectivity index (χ0n) is 17.6. The number of aromatic nitrogens is 1. The number of para-hydroxylation sites is 1. The van der Waals surface area contributed by atoms with Gasteiger partial charge in [0, 0.05) is 38.4 Å². The number of nitrogens with zero attached hydrogens (tertiary/aromatic N) is 3. The summed E-state index contributed by atoms with van der Waals surface area (Å²) >= 11 is 5.41. The maximum atomic E-state index is 5.41. The van der Waals surface area contributed by atoms with Crippen LogP contribution in [0.1, 0.15) is 5.56 Å². The van der Waals surface area contributed by atoms with Crippen LogP contribution in [-0.2, 0) is 6.54 Å². The standard InChI is InChI=1S/C24H27N5OS/c1-30-22-10-7-19(8-11-22)17-26-24(31)27-20-9-12-23(25-18-20)29-15-13-28(14-16-29)21-5-3-2-4-6-21/h2-12,18H,13-17H2,1H3,(H2,26,27,31). The number of benzene rings is 2. The Kier molecular flexibility index (Phi) is 6.84. The smallest absolute Gasteiger partial charge is 0.171 e. The highest BCUT2D eigenvalue weighted by molar-refractivity contribution is 7.80. The average molecular weight is 434 g/mol. The van der Waals surface area contributed by atoms with Gasteiger partial charge in [0.05, 0.1) is 19.0 Å². The third kappa shape index (κ3) is 5.64. The highest BCUT2D eigenvalue weighted by atomic mass is 32.1. The van der Waals surface area contributed by atoms with Gasteiger partial charge in [0.1, 0.15) is 11.6 Å². The molecule has 2 aromatic carbocycles. The lowest BCUT2D eigenvalue weighted by Gasteiger charge is -2.36. The number of thiocarbonyl (C=S) groups is 1. The number of pyridine rings is 1. The molecule has 0 unspecified atom stereocenters. The summed E-state index contributed by atoms with van der Waals surface area (Å²) in [7, 11) is 1.66. The molecule has 2 heterocycles. The van der Waals surface area contributed by atoms with E-state index in [0.29, 0.717) is 11.7 Å². The fourth-order valence-corrected chi connectivity index (χ4v) is 3.77. The highest BCUT2D eigenvalue weighted by Gasteiger charge is 2.18. The van der Waals surface area contributed by atoms with Gasteiger partial charge in [-0.1, -0.05) is 30.3 Å². The first-order valence-corrected chi connectivity index (χ1v) is 10.8. The zero-order valence-corrected chi connectivity index (χ0v) is 18.4. The maximum absolute atomic E-state index is 5.41. The van der Waals surface area contributed by atoms with Crippen LogP contribution >= 0.6 is 12.2 Å². The molecule has 7 heteroatoms. The van der Waals surface area contributed by atoms with Crippen LogP contribution in [0.15, 0.2) is 72.9 Å². The predicted molar refractivity (Wildman–Crippen MR) is 131 cm³/mol. The summed E-state index contributed by atoms with van der Waals surface area (Å²) in [6, 6.07) is 22.5. The average Bonchev–Trinajstić information content (AvgIpc) is 2.84.